The van der Waals surface area contributed by atoms with E-state index in [-0.39, 0.29) is 13.7 Å². The lowest BCUT2D eigenvalue weighted by Crippen LogP contribution is -2.55. The molecule has 18 heteroatoms. The minimum absolute atomic E-state index is 0.250. The van der Waals surface area contributed by atoms with Crippen molar-refractivity contribution in [1.82, 2.24) is 13.7 Å². The van der Waals surface area contributed by atoms with Crippen LogP contribution in [0.2, 0.25) is 0 Å². The average molecular weight is 453 g/mol. The monoisotopic (exact) mass is 453 g/mol. The van der Waals surface area contributed by atoms with E-state index in [4.69, 9.17) is 29.4 Å². The van der Waals surface area contributed by atoms with Crippen LogP contribution in [-0.4, -0.2) is 61.5 Å². The number of aromatic nitrogens is 3. The Morgan fingerprint density at radius 3 is 0.852 bits per heavy atom. The minimum atomic E-state index is -4.64. The van der Waals surface area contributed by atoms with Crippen molar-refractivity contribution in [3.05, 3.63) is 31.5 Å². The summed E-state index contributed by atoms with van der Waals surface area (Å²) in [6.07, 6.45) is -2.84. The summed E-state index contributed by atoms with van der Waals surface area (Å²) in [4.78, 5) is 90.1. The van der Waals surface area contributed by atoms with Crippen LogP contribution < -0.4 is 17.1 Å². The van der Waals surface area contributed by atoms with E-state index in [0.717, 1.165) is 0 Å². The number of rotatable bonds is 9. The Hall–Kier alpha value is -1.14. The molecule has 0 amide bonds. The van der Waals surface area contributed by atoms with Crippen molar-refractivity contribution in [1.29, 1.82) is 0 Å². The van der Waals surface area contributed by atoms with Crippen molar-refractivity contribution in [3.63, 3.8) is 0 Å². The summed E-state index contributed by atoms with van der Waals surface area (Å²) in [5.74, 6) is 0. The quantitative estimate of drug-likeness (QED) is 0.202. The average Bonchev–Trinajstić information content (AvgIpc) is 2.43. The second kappa shape index (κ2) is 8.48. The molecule has 1 aromatic heterocycles. The fourth-order valence-electron chi connectivity index (χ4n) is 1.95. The topological polar surface area (TPSA) is 239 Å². The molecule has 0 aliphatic carbocycles. The molecule has 0 saturated carbocycles. The van der Waals surface area contributed by atoms with Gasteiger partial charge in [0.25, 0.3) is 0 Å². The molecule has 1 rings (SSSR count). The molecule has 0 aliphatic heterocycles. The van der Waals surface area contributed by atoms with Gasteiger partial charge in [-0.3, -0.25) is 13.7 Å². The van der Waals surface area contributed by atoms with E-state index in [1.54, 1.807) is 0 Å². The Morgan fingerprint density at radius 1 is 0.519 bits per heavy atom. The number of hydrogen-bond donors (Lipinski definition) is 6. The van der Waals surface area contributed by atoms with Crippen molar-refractivity contribution in [2.75, 3.05) is 18.5 Å². The van der Waals surface area contributed by atoms with E-state index in [1.807, 2.05) is 0 Å². The lowest BCUT2D eigenvalue weighted by atomic mass is 10.6. The summed E-state index contributed by atoms with van der Waals surface area (Å²) in [5, 5.41) is 0. The predicted molar refractivity (Wildman–Crippen MR) is 90.0 cm³/mol. The first kappa shape index (κ1) is 23.9. The second-order valence-electron chi connectivity index (χ2n) is 5.47. The summed E-state index contributed by atoms with van der Waals surface area (Å²) >= 11 is 0. The van der Waals surface area contributed by atoms with Crippen molar-refractivity contribution < 1.29 is 43.1 Å². The summed E-state index contributed by atoms with van der Waals surface area (Å²) in [7, 11) is -13.9. The first-order chi connectivity index (χ1) is 12.0. The molecule has 0 saturated heterocycles. The first-order valence-electron chi connectivity index (χ1n) is 7.10. The molecule has 156 valence electrons. The van der Waals surface area contributed by atoms with Gasteiger partial charge in [-0.05, 0) is 0 Å². The van der Waals surface area contributed by atoms with Crippen LogP contribution in [0.1, 0.15) is 0 Å². The fraction of sp³-hybridized carbons (Fsp3) is 0.667. The van der Waals surface area contributed by atoms with Gasteiger partial charge in [0.2, 0.25) is 0 Å². The van der Waals surface area contributed by atoms with Crippen molar-refractivity contribution >= 4 is 22.8 Å². The van der Waals surface area contributed by atoms with Crippen LogP contribution >= 0.6 is 22.8 Å². The van der Waals surface area contributed by atoms with Gasteiger partial charge < -0.3 is 29.4 Å². The third-order valence-corrected chi connectivity index (χ3v) is 5.58. The molecule has 0 aliphatic rings. The van der Waals surface area contributed by atoms with Crippen molar-refractivity contribution in [2.24, 2.45) is 0 Å². The highest BCUT2D eigenvalue weighted by atomic mass is 31.2. The van der Waals surface area contributed by atoms with Gasteiger partial charge in [0.15, 0.2) is 0 Å². The van der Waals surface area contributed by atoms with Gasteiger partial charge in [0.05, 0.1) is 18.5 Å². The van der Waals surface area contributed by atoms with Crippen molar-refractivity contribution in [3.8, 4) is 0 Å². The van der Waals surface area contributed by atoms with Gasteiger partial charge in [-0.15, -0.1) is 0 Å². The second-order valence-corrected chi connectivity index (χ2v) is 10.8. The lowest BCUT2D eigenvalue weighted by molar-refractivity contribution is 0.362. The third kappa shape index (κ3) is 7.78. The lowest BCUT2D eigenvalue weighted by Gasteiger charge is -2.14. The first-order valence-corrected chi connectivity index (χ1v) is 12.5. The summed E-state index contributed by atoms with van der Waals surface area (Å²) < 4.78 is 33.7. The van der Waals surface area contributed by atoms with Gasteiger partial charge in [-0.1, -0.05) is 0 Å². The van der Waals surface area contributed by atoms with Gasteiger partial charge in [-0.2, -0.15) is 0 Å². The molecule has 0 bridgehead atoms. The van der Waals surface area contributed by atoms with E-state index in [9.17, 15) is 28.1 Å². The zero-order chi connectivity index (χ0) is 21.2. The van der Waals surface area contributed by atoms with Crippen LogP contribution in [-0.2, 0) is 33.3 Å². The van der Waals surface area contributed by atoms with Gasteiger partial charge >= 0.3 is 39.9 Å². The highest BCUT2D eigenvalue weighted by Gasteiger charge is 2.23. The summed E-state index contributed by atoms with van der Waals surface area (Å²) in [6.45, 7) is -2.48. The maximum atomic E-state index is 12.3. The molecular formula is C9H18N3O12P3. The molecule has 0 atom stereocenters. The normalized spacial score (nSPS) is 13.1. The van der Waals surface area contributed by atoms with Crippen LogP contribution in [0.15, 0.2) is 14.4 Å². The van der Waals surface area contributed by atoms with Crippen LogP contribution in [0, 0.1) is 0 Å². The minimum Gasteiger partial charge on any atom is -0.324 e. The van der Waals surface area contributed by atoms with E-state index >= 15 is 0 Å². The Morgan fingerprint density at radius 2 is 0.704 bits per heavy atom. The molecule has 27 heavy (non-hydrogen) atoms. The maximum Gasteiger partial charge on any atom is 0.336 e. The maximum absolute atomic E-state index is 12.3. The predicted octanol–water partition coefficient (Wildman–Crippen LogP) is -3.30. The molecule has 6 N–H and O–H groups in total. The van der Waals surface area contributed by atoms with Gasteiger partial charge in [0, 0.05) is 19.6 Å². The van der Waals surface area contributed by atoms with Crippen LogP contribution in [0.5, 0.6) is 0 Å². The van der Waals surface area contributed by atoms with Crippen LogP contribution in [0.25, 0.3) is 0 Å². The largest absolute Gasteiger partial charge is 0.336 e. The van der Waals surface area contributed by atoms with E-state index in [0.29, 0.717) is 0 Å². The Bertz CT molecular complexity index is 845. The Kier molecular flexibility index (Phi) is 7.50. The Labute approximate surface area is 150 Å². The third-order valence-electron chi connectivity index (χ3n) is 3.23. The fourth-order valence-corrected chi connectivity index (χ4v) is 3.33. The van der Waals surface area contributed by atoms with Crippen molar-refractivity contribution in [2.45, 2.75) is 19.6 Å². The smallest absolute Gasteiger partial charge is 0.324 e. The van der Waals surface area contributed by atoms with Crippen LogP contribution in [0.3, 0.4) is 0 Å². The molecule has 15 nitrogen and oxygen atoms in total. The number of nitrogens with zero attached hydrogens (tertiary/aromatic N) is 3. The molecule has 0 fully saturated rings. The van der Waals surface area contributed by atoms with E-state index in [1.165, 1.54) is 0 Å². The molecule has 0 spiro atoms. The zero-order valence-electron chi connectivity index (χ0n) is 13.6. The molecular weight excluding hydrogens is 435 g/mol. The summed E-state index contributed by atoms with van der Waals surface area (Å²) in [6, 6.07) is 0. The van der Waals surface area contributed by atoms with Gasteiger partial charge in [0.1, 0.15) is 0 Å². The van der Waals surface area contributed by atoms with Crippen LogP contribution in [0.4, 0.5) is 0 Å². The Balaban J connectivity index is 3.52. The highest BCUT2D eigenvalue weighted by molar-refractivity contribution is 7.52. The SMILES string of the molecule is O=c1n(CCP(=O)(O)O)c(=O)n(CCP(=O)(O)O)c(=O)n1CCP(=O)(O)O. The zero-order valence-corrected chi connectivity index (χ0v) is 16.2. The highest BCUT2D eigenvalue weighted by Crippen LogP contribution is 2.35. The molecule has 1 heterocycles. The standard InChI is InChI=1S/C9H18N3O12P3/c13-7-10(1-4-25(16,17)18)8(14)12(3-6-27(22,23)24)9(15)11(7)2-5-26(19,20)21/h1-6H2,(H2,16,17,18)(H2,19,20,21)(H2,22,23,24). The molecule has 0 radical (unpaired) electrons. The molecule has 0 aromatic carbocycles. The summed E-state index contributed by atoms with van der Waals surface area (Å²) in [5.41, 5.74) is -4.09. The van der Waals surface area contributed by atoms with Gasteiger partial charge in [-0.25, -0.2) is 28.1 Å². The van der Waals surface area contributed by atoms with E-state index < -0.39 is 78.0 Å². The molecule has 1 aromatic rings. The molecule has 0 unspecified atom stereocenters. The van der Waals surface area contributed by atoms with E-state index in [2.05, 4.69) is 0 Å². The number of hydrogen-bond acceptors (Lipinski definition) is 6.